The first-order valence-electron chi connectivity index (χ1n) is 7.32. The van der Waals surface area contributed by atoms with Crippen molar-refractivity contribution in [1.29, 1.82) is 0 Å². The van der Waals surface area contributed by atoms with E-state index in [0.717, 1.165) is 37.1 Å². The van der Waals surface area contributed by atoms with Crippen LogP contribution in [0.2, 0.25) is 0 Å². The third kappa shape index (κ3) is 3.45. The zero-order valence-corrected chi connectivity index (χ0v) is 13.9. The molecule has 2 rings (SSSR count). The quantitative estimate of drug-likeness (QED) is 0.906. The fraction of sp³-hybridized carbons (Fsp3) is 0.600. The minimum atomic E-state index is -3.45. The number of piperidine rings is 1. The maximum absolute atomic E-state index is 12.8. The summed E-state index contributed by atoms with van der Waals surface area (Å²) >= 11 is 0. The first-order valence-corrected chi connectivity index (χ1v) is 8.76. The molecule has 1 saturated heterocycles. The molecule has 1 aliphatic heterocycles. The summed E-state index contributed by atoms with van der Waals surface area (Å²) in [4.78, 5) is 2.57. The van der Waals surface area contributed by atoms with E-state index in [-0.39, 0.29) is 6.04 Å². The molecular weight excluding hydrogens is 286 g/mol. The SMILES string of the molecule is Cc1cc(CN)ccc1S(=O)(=O)N(C)C1CCCN(C)C1. The maximum atomic E-state index is 12.8. The number of hydrogen-bond donors (Lipinski definition) is 1. The van der Waals surface area contributed by atoms with Gasteiger partial charge in [0.15, 0.2) is 0 Å². The second-order valence-electron chi connectivity index (χ2n) is 5.88. The number of nitrogens with two attached hydrogens (primary N) is 1. The van der Waals surface area contributed by atoms with Crippen LogP contribution in [0.15, 0.2) is 23.1 Å². The zero-order chi connectivity index (χ0) is 15.6. The standard InChI is InChI=1S/C15H25N3O2S/c1-12-9-13(10-16)6-7-15(12)21(19,20)18(3)14-5-4-8-17(2)11-14/h6-7,9,14H,4-5,8,10-11,16H2,1-3H3. The van der Waals surface area contributed by atoms with Crippen molar-refractivity contribution in [1.82, 2.24) is 9.21 Å². The van der Waals surface area contributed by atoms with E-state index in [2.05, 4.69) is 4.90 Å². The highest BCUT2D eigenvalue weighted by molar-refractivity contribution is 7.89. The molecule has 21 heavy (non-hydrogen) atoms. The van der Waals surface area contributed by atoms with E-state index >= 15 is 0 Å². The Balaban J connectivity index is 2.28. The van der Waals surface area contributed by atoms with E-state index in [0.29, 0.717) is 11.4 Å². The molecule has 6 heteroatoms. The molecule has 118 valence electrons. The van der Waals surface area contributed by atoms with Gasteiger partial charge in [0.1, 0.15) is 0 Å². The van der Waals surface area contributed by atoms with E-state index < -0.39 is 10.0 Å². The Morgan fingerprint density at radius 1 is 1.43 bits per heavy atom. The number of hydrogen-bond acceptors (Lipinski definition) is 4. The third-order valence-corrected chi connectivity index (χ3v) is 6.32. The molecule has 0 amide bonds. The topological polar surface area (TPSA) is 66.6 Å². The summed E-state index contributed by atoms with van der Waals surface area (Å²) in [7, 11) is 0.274. The molecule has 0 bridgehead atoms. The van der Waals surface area contributed by atoms with Crippen LogP contribution in [0.5, 0.6) is 0 Å². The third-order valence-electron chi connectivity index (χ3n) is 4.25. The number of benzene rings is 1. The van der Waals surface area contributed by atoms with E-state index in [1.165, 1.54) is 4.31 Å². The molecule has 1 heterocycles. The fourth-order valence-corrected chi connectivity index (χ4v) is 4.50. The molecule has 0 spiro atoms. The lowest BCUT2D eigenvalue weighted by atomic mass is 10.1. The van der Waals surface area contributed by atoms with Crippen LogP contribution in [0, 0.1) is 6.92 Å². The molecule has 0 radical (unpaired) electrons. The number of rotatable bonds is 4. The van der Waals surface area contributed by atoms with Gasteiger partial charge in [0.25, 0.3) is 0 Å². The van der Waals surface area contributed by atoms with E-state index in [9.17, 15) is 8.42 Å². The van der Waals surface area contributed by atoms with Crippen molar-refractivity contribution in [2.24, 2.45) is 5.73 Å². The summed E-state index contributed by atoms with van der Waals surface area (Å²) in [5.74, 6) is 0. The van der Waals surface area contributed by atoms with Gasteiger partial charge in [0, 0.05) is 26.2 Å². The molecule has 1 aliphatic rings. The van der Waals surface area contributed by atoms with Gasteiger partial charge in [-0.15, -0.1) is 0 Å². The van der Waals surface area contributed by atoms with Crippen molar-refractivity contribution < 1.29 is 8.42 Å². The average molecular weight is 311 g/mol. The average Bonchev–Trinajstić information content (AvgIpc) is 2.45. The fourth-order valence-electron chi connectivity index (χ4n) is 2.92. The van der Waals surface area contributed by atoms with Crippen molar-refractivity contribution in [2.75, 3.05) is 27.2 Å². The van der Waals surface area contributed by atoms with Gasteiger partial charge in [0.2, 0.25) is 10.0 Å². The molecule has 0 saturated carbocycles. The molecule has 1 atom stereocenters. The number of nitrogens with zero attached hydrogens (tertiary/aromatic N) is 2. The molecule has 0 aliphatic carbocycles. The summed E-state index contributed by atoms with van der Waals surface area (Å²) in [5.41, 5.74) is 7.31. The van der Waals surface area contributed by atoms with Crippen molar-refractivity contribution in [2.45, 2.75) is 37.2 Å². The second kappa shape index (κ2) is 6.44. The number of likely N-dealkylation sites (tertiary alicyclic amines) is 1. The molecule has 1 fully saturated rings. The van der Waals surface area contributed by atoms with Crippen LogP contribution in [0.3, 0.4) is 0 Å². The Labute approximate surface area is 127 Å². The van der Waals surface area contributed by atoms with Crippen LogP contribution in [0.4, 0.5) is 0 Å². The lowest BCUT2D eigenvalue weighted by Crippen LogP contribution is -2.47. The second-order valence-corrected chi connectivity index (χ2v) is 7.85. The molecule has 1 aromatic carbocycles. The molecule has 1 unspecified atom stereocenters. The predicted molar refractivity (Wildman–Crippen MR) is 84.5 cm³/mol. The van der Waals surface area contributed by atoms with Gasteiger partial charge in [-0.05, 0) is 50.6 Å². The molecule has 5 nitrogen and oxygen atoms in total. The van der Waals surface area contributed by atoms with E-state index in [1.54, 1.807) is 19.2 Å². The highest BCUT2D eigenvalue weighted by atomic mass is 32.2. The van der Waals surface area contributed by atoms with E-state index in [1.807, 2.05) is 20.0 Å². The lowest BCUT2D eigenvalue weighted by Gasteiger charge is -2.35. The van der Waals surface area contributed by atoms with Crippen LogP contribution in [0.25, 0.3) is 0 Å². The van der Waals surface area contributed by atoms with Gasteiger partial charge in [-0.25, -0.2) is 8.42 Å². The monoisotopic (exact) mass is 311 g/mol. The zero-order valence-electron chi connectivity index (χ0n) is 13.0. The Hall–Kier alpha value is -0.950. The summed E-state index contributed by atoms with van der Waals surface area (Å²) in [6.45, 7) is 4.07. The molecular formula is C15H25N3O2S. The van der Waals surface area contributed by atoms with Crippen LogP contribution >= 0.6 is 0 Å². The first kappa shape index (κ1) is 16.4. The Bertz CT molecular complexity index is 601. The normalized spacial score (nSPS) is 20.9. The van der Waals surface area contributed by atoms with Crippen LogP contribution in [-0.4, -0.2) is 50.8 Å². The van der Waals surface area contributed by atoms with E-state index in [4.69, 9.17) is 5.73 Å². The summed E-state index contributed by atoms with van der Waals surface area (Å²) in [5, 5.41) is 0. The van der Waals surface area contributed by atoms with Gasteiger partial charge in [-0.1, -0.05) is 12.1 Å². The summed E-state index contributed by atoms with van der Waals surface area (Å²) in [6, 6.07) is 5.37. The largest absolute Gasteiger partial charge is 0.326 e. The minimum Gasteiger partial charge on any atom is -0.326 e. The first-order chi connectivity index (χ1) is 9.86. The number of aryl methyl sites for hydroxylation is 1. The smallest absolute Gasteiger partial charge is 0.243 e. The summed E-state index contributed by atoms with van der Waals surface area (Å²) < 4.78 is 27.2. The van der Waals surface area contributed by atoms with Gasteiger partial charge in [-0.2, -0.15) is 4.31 Å². The summed E-state index contributed by atoms with van der Waals surface area (Å²) in [6.07, 6.45) is 1.95. The Morgan fingerprint density at radius 3 is 2.71 bits per heavy atom. The number of sulfonamides is 1. The van der Waals surface area contributed by atoms with Crippen molar-refractivity contribution >= 4 is 10.0 Å². The van der Waals surface area contributed by atoms with Gasteiger partial charge < -0.3 is 10.6 Å². The minimum absolute atomic E-state index is 0.0438. The van der Waals surface area contributed by atoms with Crippen LogP contribution in [-0.2, 0) is 16.6 Å². The Kier molecular flexibility index (Phi) is 5.03. The van der Waals surface area contributed by atoms with Crippen LogP contribution < -0.4 is 5.73 Å². The van der Waals surface area contributed by atoms with Crippen molar-refractivity contribution in [3.63, 3.8) is 0 Å². The lowest BCUT2D eigenvalue weighted by molar-refractivity contribution is 0.187. The maximum Gasteiger partial charge on any atom is 0.243 e. The van der Waals surface area contributed by atoms with Crippen molar-refractivity contribution in [3.05, 3.63) is 29.3 Å². The molecule has 2 N–H and O–H groups in total. The van der Waals surface area contributed by atoms with Crippen LogP contribution in [0.1, 0.15) is 24.0 Å². The predicted octanol–water partition coefficient (Wildman–Crippen LogP) is 1.17. The highest BCUT2D eigenvalue weighted by Gasteiger charge is 2.31. The highest BCUT2D eigenvalue weighted by Crippen LogP contribution is 2.24. The van der Waals surface area contributed by atoms with Gasteiger partial charge >= 0.3 is 0 Å². The van der Waals surface area contributed by atoms with Gasteiger partial charge in [0.05, 0.1) is 4.90 Å². The molecule has 1 aromatic rings. The Morgan fingerprint density at radius 2 is 2.14 bits per heavy atom. The number of likely N-dealkylation sites (N-methyl/N-ethyl adjacent to an activating group) is 2. The van der Waals surface area contributed by atoms with Gasteiger partial charge in [-0.3, -0.25) is 0 Å². The molecule has 0 aromatic heterocycles. The van der Waals surface area contributed by atoms with Crippen molar-refractivity contribution in [3.8, 4) is 0 Å².